The molecule has 0 amide bonds. The summed E-state index contributed by atoms with van der Waals surface area (Å²) in [5, 5.41) is 0. The highest BCUT2D eigenvalue weighted by Gasteiger charge is 2.25. The van der Waals surface area contributed by atoms with Gasteiger partial charge in [0.15, 0.2) is 11.6 Å². The first-order valence-corrected chi connectivity index (χ1v) is 12.6. The van der Waals surface area contributed by atoms with Crippen molar-refractivity contribution in [2.75, 3.05) is 0 Å². The van der Waals surface area contributed by atoms with E-state index >= 15 is 0 Å². The van der Waals surface area contributed by atoms with E-state index in [-0.39, 0.29) is 5.92 Å². The van der Waals surface area contributed by atoms with Gasteiger partial charge in [0, 0.05) is 0 Å². The number of hydrogen-bond donors (Lipinski definition) is 0. The summed E-state index contributed by atoms with van der Waals surface area (Å²) in [5.41, 5.74) is 0.605. The molecule has 0 N–H and O–H groups in total. The first-order chi connectivity index (χ1) is 14.2. The van der Waals surface area contributed by atoms with Gasteiger partial charge in [0.2, 0.25) is 0 Å². The number of rotatable bonds is 10. The highest BCUT2D eigenvalue weighted by atomic mass is 19.2. The first kappa shape index (κ1) is 22.8. The van der Waals surface area contributed by atoms with Crippen LogP contribution in [0.4, 0.5) is 8.78 Å². The summed E-state index contributed by atoms with van der Waals surface area (Å²) >= 11 is 0. The van der Waals surface area contributed by atoms with E-state index in [1.54, 1.807) is 12.1 Å². The maximum absolute atomic E-state index is 14.0. The van der Waals surface area contributed by atoms with E-state index in [9.17, 15) is 8.78 Å². The van der Waals surface area contributed by atoms with Crippen LogP contribution >= 0.6 is 0 Å². The molecule has 0 unspecified atom stereocenters. The Hall–Kier alpha value is -0.920. The van der Waals surface area contributed by atoms with E-state index in [1.165, 1.54) is 96.0 Å². The molecular formula is C27H42F2. The van der Waals surface area contributed by atoms with Crippen LogP contribution in [0.2, 0.25) is 0 Å². The molecule has 3 rings (SSSR count). The molecule has 2 heteroatoms. The minimum atomic E-state index is -0.695. The fourth-order valence-corrected chi connectivity index (χ4v) is 5.96. The normalized spacial score (nSPS) is 27.8. The van der Waals surface area contributed by atoms with Crippen molar-refractivity contribution in [1.29, 1.82) is 0 Å². The van der Waals surface area contributed by atoms with Crippen LogP contribution in [-0.2, 0) is 0 Å². The van der Waals surface area contributed by atoms with E-state index in [0.717, 1.165) is 30.6 Å². The summed E-state index contributed by atoms with van der Waals surface area (Å²) in [6.45, 7) is 2.30. The molecule has 1 aromatic carbocycles. The quantitative estimate of drug-likeness (QED) is 0.341. The van der Waals surface area contributed by atoms with Crippen LogP contribution in [-0.4, -0.2) is 0 Å². The van der Waals surface area contributed by atoms with Crippen LogP contribution in [0.25, 0.3) is 0 Å². The molecule has 0 aliphatic heterocycles. The first-order valence-electron chi connectivity index (χ1n) is 12.6. The summed E-state index contributed by atoms with van der Waals surface area (Å²) in [7, 11) is 0. The van der Waals surface area contributed by atoms with Gasteiger partial charge in [0.1, 0.15) is 0 Å². The summed E-state index contributed by atoms with van der Waals surface area (Å²) in [5.74, 6) is 1.72. The van der Waals surface area contributed by atoms with Crippen molar-refractivity contribution < 1.29 is 8.78 Å². The molecule has 164 valence electrons. The lowest BCUT2D eigenvalue weighted by Crippen LogP contribution is -2.16. The lowest BCUT2D eigenvalue weighted by Gasteiger charge is -2.30. The van der Waals surface area contributed by atoms with Gasteiger partial charge in [-0.05, 0) is 61.0 Å². The molecule has 2 aliphatic carbocycles. The molecule has 0 saturated heterocycles. The van der Waals surface area contributed by atoms with Gasteiger partial charge < -0.3 is 0 Å². The van der Waals surface area contributed by atoms with Crippen LogP contribution in [0, 0.1) is 29.4 Å². The van der Waals surface area contributed by atoms with Crippen molar-refractivity contribution in [2.24, 2.45) is 17.8 Å². The van der Waals surface area contributed by atoms with Crippen molar-refractivity contribution >= 4 is 0 Å². The van der Waals surface area contributed by atoms with E-state index < -0.39 is 11.6 Å². The van der Waals surface area contributed by atoms with Crippen molar-refractivity contribution in [3.8, 4) is 0 Å². The monoisotopic (exact) mass is 404 g/mol. The van der Waals surface area contributed by atoms with Crippen molar-refractivity contribution in [3.63, 3.8) is 0 Å². The SMILES string of the molecule is CCCCCC1CCC(CCCCC2CCC(c3cccc(F)c3F)CC2)CC1. The van der Waals surface area contributed by atoms with Crippen molar-refractivity contribution in [2.45, 2.75) is 116 Å². The Morgan fingerprint density at radius 1 is 0.690 bits per heavy atom. The molecule has 1 aromatic rings. The molecule has 0 heterocycles. The zero-order chi connectivity index (χ0) is 20.5. The van der Waals surface area contributed by atoms with Gasteiger partial charge in [-0.25, -0.2) is 8.78 Å². The van der Waals surface area contributed by atoms with Crippen LogP contribution in [0.3, 0.4) is 0 Å². The highest BCUT2D eigenvalue weighted by Crippen LogP contribution is 2.39. The molecule has 0 radical (unpaired) electrons. The summed E-state index contributed by atoms with van der Waals surface area (Å²) in [6, 6.07) is 4.66. The Bertz CT molecular complexity index is 580. The van der Waals surface area contributed by atoms with Gasteiger partial charge in [-0.15, -0.1) is 0 Å². The van der Waals surface area contributed by atoms with Crippen LogP contribution in [0.1, 0.15) is 121 Å². The largest absolute Gasteiger partial charge is 0.204 e. The van der Waals surface area contributed by atoms with E-state index in [2.05, 4.69) is 6.92 Å². The van der Waals surface area contributed by atoms with Gasteiger partial charge in [-0.1, -0.05) is 96.1 Å². The van der Waals surface area contributed by atoms with Crippen molar-refractivity contribution in [1.82, 2.24) is 0 Å². The minimum absolute atomic E-state index is 0.217. The average molecular weight is 405 g/mol. The Labute approximate surface area is 177 Å². The number of unbranched alkanes of at least 4 members (excludes halogenated alkanes) is 3. The fraction of sp³-hybridized carbons (Fsp3) is 0.778. The molecule has 0 bridgehead atoms. The molecular weight excluding hydrogens is 362 g/mol. The van der Waals surface area contributed by atoms with Crippen LogP contribution in [0.5, 0.6) is 0 Å². The minimum Gasteiger partial charge on any atom is -0.204 e. The predicted molar refractivity (Wildman–Crippen MR) is 119 cm³/mol. The van der Waals surface area contributed by atoms with Crippen LogP contribution in [0.15, 0.2) is 18.2 Å². The molecule has 2 saturated carbocycles. The van der Waals surface area contributed by atoms with Crippen molar-refractivity contribution in [3.05, 3.63) is 35.4 Å². The number of hydrogen-bond acceptors (Lipinski definition) is 0. The summed E-state index contributed by atoms with van der Waals surface area (Å²) < 4.78 is 27.5. The second-order valence-electron chi connectivity index (χ2n) is 10.0. The van der Waals surface area contributed by atoms with E-state index in [0.29, 0.717) is 5.56 Å². The maximum atomic E-state index is 14.0. The van der Waals surface area contributed by atoms with E-state index in [1.807, 2.05) is 0 Å². The predicted octanol–water partition coefficient (Wildman–Crippen LogP) is 9.19. The standard InChI is InChI=1S/C27H42F2/c1-2-3-4-8-21-13-15-22(16-14-21)9-5-6-10-23-17-19-24(20-18-23)25-11-7-12-26(28)27(25)29/h7,11-12,21-24H,2-6,8-10,13-20H2,1H3. The third kappa shape index (κ3) is 7.07. The average Bonchev–Trinajstić information content (AvgIpc) is 2.75. The lowest BCUT2D eigenvalue weighted by molar-refractivity contribution is 0.240. The van der Waals surface area contributed by atoms with Gasteiger partial charge in [-0.3, -0.25) is 0 Å². The Balaban J connectivity index is 1.26. The number of halogens is 2. The second kappa shape index (κ2) is 12.1. The Kier molecular flexibility index (Phi) is 9.46. The molecule has 0 spiro atoms. The molecule has 2 fully saturated rings. The Morgan fingerprint density at radius 2 is 1.17 bits per heavy atom. The summed E-state index contributed by atoms with van der Waals surface area (Å²) in [6.07, 6.45) is 21.5. The molecule has 0 nitrogen and oxygen atoms in total. The molecule has 0 atom stereocenters. The topological polar surface area (TPSA) is 0 Å². The van der Waals surface area contributed by atoms with Gasteiger partial charge in [0.25, 0.3) is 0 Å². The maximum Gasteiger partial charge on any atom is 0.162 e. The Morgan fingerprint density at radius 3 is 1.69 bits per heavy atom. The lowest BCUT2D eigenvalue weighted by atomic mass is 9.76. The number of benzene rings is 1. The zero-order valence-electron chi connectivity index (χ0n) is 18.6. The van der Waals surface area contributed by atoms with Gasteiger partial charge in [0.05, 0.1) is 0 Å². The highest BCUT2D eigenvalue weighted by molar-refractivity contribution is 5.23. The third-order valence-corrected chi connectivity index (χ3v) is 7.93. The molecule has 29 heavy (non-hydrogen) atoms. The zero-order valence-corrected chi connectivity index (χ0v) is 18.6. The third-order valence-electron chi connectivity index (χ3n) is 7.93. The summed E-state index contributed by atoms with van der Waals surface area (Å²) in [4.78, 5) is 0. The molecule has 0 aromatic heterocycles. The van der Waals surface area contributed by atoms with Gasteiger partial charge in [-0.2, -0.15) is 0 Å². The fourth-order valence-electron chi connectivity index (χ4n) is 5.96. The second-order valence-corrected chi connectivity index (χ2v) is 10.0. The van der Waals surface area contributed by atoms with Crippen LogP contribution < -0.4 is 0 Å². The molecule has 2 aliphatic rings. The van der Waals surface area contributed by atoms with E-state index in [4.69, 9.17) is 0 Å². The smallest absolute Gasteiger partial charge is 0.162 e. The van der Waals surface area contributed by atoms with Gasteiger partial charge >= 0.3 is 0 Å².